The number of aryl methyl sites for hydroxylation is 1. The number of nitrogens with one attached hydrogen (secondary N) is 2. The first-order valence-electron chi connectivity index (χ1n) is 5.75. The van der Waals surface area contributed by atoms with E-state index in [4.69, 9.17) is 4.74 Å². The molecule has 0 radical (unpaired) electrons. The molecule has 2 heterocycles. The van der Waals surface area contributed by atoms with Crippen LogP contribution in [0.4, 0.5) is 0 Å². The average molecular weight is 236 g/mol. The van der Waals surface area contributed by atoms with Gasteiger partial charge in [-0.15, -0.1) is 0 Å². The van der Waals surface area contributed by atoms with E-state index in [1.54, 1.807) is 6.92 Å². The molecule has 5 heteroatoms. The molecule has 0 aliphatic carbocycles. The minimum absolute atomic E-state index is 0.108. The maximum absolute atomic E-state index is 11.9. The molecule has 0 spiro atoms. The van der Waals surface area contributed by atoms with Gasteiger partial charge in [0.1, 0.15) is 5.56 Å². The Morgan fingerprint density at radius 3 is 2.82 bits per heavy atom. The summed E-state index contributed by atoms with van der Waals surface area (Å²) in [5.74, 6) is -0.307. The Bertz CT molecular complexity index is 461. The zero-order valence-electron chi connectivity index (χ0n) is 9.79. The first kappa shape index (κ1) is 11.9. The second-order valence-corrected chi connectivity index (χ2v) is 4.25. The zero-order valence-corrected chi connectivity index (χ0v) is 9.79. The molecule has 0 saturated carbocycles. The van der Waals surface area contributed by atoms with Crippen LogP contribution in [0.5, 0.6) is 0 Å². The fourth-order valence-corrected chi connectivity index (χ4v) is 1.86. The molecule has 1 aromatic rings. The fourth-order valence-electron chi connectivity index (χ4n) is 1.86. The Morgan fingerprint density at radius 2 is 2.18 bits per heavy atom. The SMILES string of the molecule is Cc1cc(=O)c(C(=O)NC2CCOCC2)c[nH]1. The van der Waals surface area contributed by atoms with Crippen LogP contribution in [0.3, 0.4) is 0 Å². The van der Waals surface area contributed by atoms with Crippen LogP contribution in [-0.2, 0) is 4.74 Å². The third kappa shape index (κ3) is 2.94. The van der Waals surface area contributed by atoms with E-state index >= 15 is 0 Å². The van der Waals surface area contributed by atoms with Crippen LogP contribution in [-0.4, -0.2) is 30.1 Å². The molecule has 1 saturated heterocycles. The third-order valence-corrected chi connectivity index (χ3v) is 2.86. The van der Waals surface area contributed by atoms with Crippen LogP contribution in [0.1, 0.15) is 28.9 Å². The molecule has 0 unspecified atom stereocenters. The molecule has 17 heavy (non-hydrogen) atoms. The molecule has 0 bridgehead atoms. The van der Waals surface area contributed by atoms with E-state index in [9.17, 15) is 9.59 Å². The molecule has 92 valence electrons. The van der Waals surface area contributed by atoms with Gasteiger partial charge in [-0.25, -0.2) is 0 Å². The minimum Gasteiger partial charge on any atom is -0.381 e. The van der Waals surface area contributed by atoms with Crippen molar-refractivity contribution >= 4 is 5.91 Å². The van der Waals surface area contributed by atoms with E-state index in [0.29, 0.717) is 13.2 Å². The van der Waals surface area contributed by atoms with Crippen LogP contribution in [0.25, 0.3) is 0 Å². The highest BCUT2D eigenvalue weighted by Gasteiger charge is 2.18. The van der Waals surface area contributed by atoms with Crippen molar-refractivity contribution in [3.8, 4) is 0 Å². The van der Waals surface area contributed by atoms with Crippen LogP contribution < -0.4 is 10.7 Å². The standard InChI is InChI=1S/C12H16N2O3/c1-8-6-11(15)10(7-13-8)12(16)14-9-2-4-17-5-3-9/h6-7,9H,2-5H2,1H3,(H,13,15)(H,14,16). The number of aromatic nitrogens is 1. The summed E-state index contributed by atoms with van der Waals surface area (Å²) in [5.41, 5.74) is 0.672. The van der Waals surface area contributed by atoms with Gasteiger partial charge in [-0.1, -0.05) is 0 Å². The summed E-state index contributed by atoms with van der Waals surface area (Å²) in [6, 6.07) is 1.54. The van der Waals surface area contributed by atoms with Crippen molar-refractivity contribution in [1.82, 2.24) is 10.3 Å². The lowest BCUT2D eigenvalue weighted by molar-refractivity contribution is 0.0696. The number of aromatic amines is 1. The normalized spacial score (nSPS) is 16.8. The Labute approximate surface area is 99.2 Å². The molecule has 1 aromatic heterocycles. The molecule has 2 N–H and O–H groups in total. The highest BCUT2D eigenvalue weighted by atomic mass is 16.5. The quantitative estimate of drug-likeness (QED) is 0.789. The molecule has 5 nitrogen and oxygen atoms in total. The molecule has 0 atom stereocenters. The summed E-state index contributed by atoms with van der Waals surface area (Å²) in [7, 11) is 0. The summed E-state index contributed by atoms with van der Waals surface area (Å²) in [6.45, 7) is 3.10. The predicted octanol–water partition coefficient (Wildman–Crippen LogP) is 0.592. The predicted molar refractivity (Wildman–Crippen MR) is 63.1 cm³/mol. The number of ether oxygens (including phenoxy) is 1. The molecule has 0 aromatic carbocycles. The Balaban J connectivity index is 2.06. The number of carbonyl (C=O) groups excluding carboxylic acids is 1. The van der Waals surface area contributed by atoms with Gasteiger partial charge in [0.25, 0.3) is 5.91 Å². The van der Waals surface area contributed by atoms with Crippen molar-refractivity contribution in [3.63, 3.8) is 0 Å². The Kier molecular flexibility index (Phi) is 3.58. The highest BCUT2D eigenvalue weighted by molar-refractivity contribution is 5.93. The Hall–Kier alpha value is -1.62. The fraction of sp³-hybridized carbons (Fsp3) is 0.500. The monoisotopic (exact) mass is 236 g/mol. The maximum Gasteiger partial charge on any atom is 0.256 e. The zero-order chi connectivity index (χ0) is 12.3. The molecule has 1 aliphatic rings. The smallest absolute Gasteiger partial charge is 0.256 e. The van der Waals surface area contributed by atoms with E-state index < -0.39 is 0 Å². The van der Waals surface area contributed by atoms with E-state index in [2.05, 4.69) is 10.3 Å². The lowest BCUT2D eigenvalue weighted by Crippen LogP contribution is -2.40. The van der Waals surface area contributed by atoms with Crippen LogP contribution >= 0.6 is 0 Å². The molecule has 1 aliphatic heterocycles. The molecular weight excluding hydrogens is 220 g/mol. The Morgan fingerprint density at radius 1 is 1.47 bits per heavy atom. The van der Waals surface area contributed by atoms with Gasteiger partial charge in [0.15, 0.2) is 5.43 Å². The van der Waals surface area contributed by atoms with Crippen molar-refractivity contribution in [2.45, 2.75) is 25.8 Å². The van der Waals surface area contributed by atoms with Gasteiger partial charge in [0.2, 0.25) is 0 Å². The number of rotatable bonds is 2. The highest BCUT2D eigenvalue weighted by Crippen LogP contribution is 2.06. The second kappa shape index (κ2) is 5.14. The van der Waals surface area contributed by atoms with Crippen molar-refractivity contribution in [2.75, 3.05) is 13.2 Å². The average Bonchev–Trinajstić information content (AvgIpc) is 2.30. The largest absolute Gasteiger partial charge is 0.381 e. The van der Waals surface area contributed by atoms with Crippen molar-refractivity contribution in [2.24, 2.45) is 0 Å². The number of pyridine rings is 1. The lowest BCUT2D eigenvalue weighted by Gasteiger charge is -2.22. The van der Waals surface area contributed by atoms with E-state index in [-0.39, 0.29) is 22.9 Å². The minimum atomic E-state index is -0.307. The van der Waals surface area contributed by atoms with Crippen molar-refractivity contribution in [3.05, 3.63) is 33.7 Å². The van der Waals surface area contributed by atoms with Crippen LogP contribution in [0, 0.1) is 6.92 Å². The summed E-state index contributed by atoms with van der Waals surface area (Å²) in [4.78, 5) is 26.4. The molecular formula is C12H16N2O3. The van der Waals surface area contributed by atoms with Gasteiger partial charge in [0.05, 0.1) is 0 Å². The van der Waals surface area contributed by atoms with Crippen molar-refractivity contribution in [1.29, 1.82) is 0 Å². The molecule has 1 amide bonds. The second-order valence-electron chi connectivity index (χ2n) is 4.25. The summed E-state index contributed by atoms with van der Waals surface area (Å²) >= 11 is 0. The van der Waals surface area contributed by atoms with Crippen molar-refractivity contribution < 1.29 is 9.53 Å². The van der Waals surface area contributed by atoms with Gasteiger partial charge in [0, 0.05) is 37.2 Å². The number of H-pyrrole nitrogens is 1. The summed E-state index contributed by atoms with van der Waals surface area (Å²) in [6.07, 6.45) is 3.07. The molecule has 2 rings (SSSR count). The molecule has 1 fully saturated rings. The van der Waals surface area contributed by atoms with Gasteiger partial charge >= 0.3 is 0 Å². The first-order chi connectivity index (χ1) is 8.16. The number of amides is 1. The van der Waals surface area contributed by atoms with Gasteiger partial charge in [-0.2, -0.15) is 0 Å². The van der Waals surface area contributed by atoms with E-state index in [1.165, 1.54) is 12.3 Å². The number of hydrogen-bond donors (Lipinski definition) is 2. The van der Waals surface area contributed by atoms with E-state index in [1.807, 2.05) is 0 Å². The number of hydrogen-bond acceptors (Lipinski definition) is 3. The topological polar surface area (TPSA) is 71.2 Å². The number of carbonyl (C=O) groups is 1. The van der Waals surface area contributed by atoms with Crippen LogP contribution in [0.15, 0.2) is 17.1 Å². The maximum atomic E-state index is 11.9. The van der Waals surface area contributed by atoms with Gasteiger partial charge in [-0.05, 0) is 19.8 Å². The summed E-state index contributed by atoms with van der Waals surface area (Å²) < 4.78 is 5.21. The van der Waals surface area contributed by atoms with E-state index in [0.717, 1.165) is 18.5 Å². The summed E-state index contributed by atoms with van der Waals surface area (Å²) in [5, 5.41) is 2.86. The van der Waals surface area contributed by atoms with Gasteiger partial charge in [-0.3, -0.25) is 9.59 Å². The third-order valence-electron chi connectivity index (χ3n) is 2.86. The first-order valence-corrected chi connectivity index (χ1v) is 5.75. The lowest BCUT2D eigenvalue weighted by atomic mass is 10.1. The van der Waals surface area contributed by atoms with Crippen LogP contribution in [0.2, 0.25) is 0 Å². The van der Waals surface area contributed by atoms with Gasteiger partial charge < -0.3 is 15.0 Å².